The Bertz CT molecular complexity index is 742. The average Bonchev–Trinajstić information content (AvgIpc) is 3.09. The fraction of sp³-hybridized carbons (Fsp3) is 0.692. The number of carbonyl (C=O) groups excluding carboxylic acids is 2. The zero-order chi connectivity index (χ0) is 23.9. The molecule has 2 rings (SSSR count). The summed E-state index contributed by atoms with van der Waals surface area (Å²) < 4.78 is 5.99. The Morgan fingerprint density at radius 3 is 2.34 bits per heavy atom. The number of nitrogens with one attached hydrogen (secondary N) is 1. The largest absolute Gasteiger partial charge is 0.459 e. The van der Waals surface area contributed by atoms with Gasteiger partial charge in [-0.15, -0.1) is 0 Å². The molecule has 180 valence electrons. The Morgan fingerprint density at radius 2 is 1.84 bits per heavy atom. The molecule has 1 heterocycles. The molecule has 0 unspecified atom stereocenters. The van der Waals surface area contributed by atoms with Gasteiger partial charge in [-0.2, -0.15) is 0 Å². The molecule has 1 fully saturated rings. The van der Waals surface area contributed by atoms with E-state index in [0.29, 0.717) is 31.8 Å². The van der Waals surface area contributed by atoms with E-state index in [2.05, 4.69) is 24.1 Å². The molecule has 0 radical (unpaired) electrons. The van der Waals surface area contributed by atoms with Crippen molar-refractivity contribution in [3.05, 3.63) is 35.9 Å². The fourth-order valence-electron chi connectivity index (χ4n) is 5.07. The Kier molecular flexibility index (Phi) is 9.28. The number of amides is 1. The van der Waals surface area contributed by atoms with Crippen molar-refractivity contribution in [3.8, 4) is 0 Å². The number of aliphatic hydroxyl groups is 1. The molecule has 1 saturated heterocycles. The van der Waals surface area contributed by atoms with Crippen LogP contribution in [-0.4, -0.2) is 52.2 Å². The summed E-state index contributed by atoms with van der Waals surface area (Å²) in [6.07, 6.45) is 3.24. The molecule has 0 saturated carbocycles. The van der Waals surface area contributed by atoms with Crippen molar-refractivity contribution < 1.29 is 19.4 Å². The van der Waals surface area contributed by atoms with Gasteiger partial charge in [0.15, 0.2) is 0 Å². The van der Waals surface area contributed by atoms with E-state index < -0.39 is 17.2 Å². The van der Waals surface area contributed by atoms with Gasteiger partial charge in [-0.05, 0) is 45.1 Å². The van der Waals surface area contributed by atoms with Crippen LogP contribution in [-0.2, 0) is 20.9 Å². The van der Waals surface area contributed by atoms with Gasteiger partial charge in [-0.25, -0.2) is 4.79 Å². The van der Waals surface area contributed by atoms with E-state index in [1.165, 1.54) is 6.92 Å². The molecule has 0 spiro atoms. The van der Waals surface area contributed by atoms with Crippen LogP contribution in [0.15, 0.2) is 30.3 Å². The second-order valence-electron chi connectivity index (χ2n) is 10.1. The summed E-state index contributed by atoms with van der Waals surface area (Å²) in [4.78, 5) is 28.5. The van der Waals surface area contributed by atoms with Crippen molar-refractivity contribution in [1.82, 2.24) is 10.2 Å². The summed E-state index contributed by atoms with van der Waals surface area (Å²) in [5.41, 5.74) is -0.726. The van der Waals surface area contributed by atoms with Gasteiger partial charge in [-0.1, -0.05) is 57.0 Å². The maximum absolute atomic E-state index is 14.0. The number of hydrogen-bond acceptors (Lipinski definition) is 5. The molecule has 1 aliphatic rings. The van der Waals surface area contributed by atoms with Crippen LogP contribution in [0.4, 0.5) is 0 Å². The van der Waals surface area contributed by atoms with Crippen molar-refractivity contribution in [2.45, 2.75) is 91.0 Å². The predicted molar refractivity (Wildman–Crippen MR) is 127 cm³/mol. The van der Waals surface area contributed by atoms with Crippen LogP contribution in [0.2, 0.25) is 0 Å². The van der Waals surface area contributed by atoms with E-state index in [1.54, 1.807) is 0 Å². The third kappa shape index (κ3) is 6.10. The van der Waals surface area contributed by atoms with E-state index in [4.69, 9.17) is 4.74 Å². The molecule has 2 N–H and O–H groups in total. The van der Waals surface area contributed by atoms with Gasteiger partial charge in [0, 0.05) is 32.5 Å². The molecule has 6 heteroatoms. The molecule has 0 aromatic heterocycles. The van der Waals surface area contributed by atoms with Crippen LogP contribution < -0.4 is 5.32 Å². The molecule has 0 aliphatic carbocycles. The first kappa shape index (κ1) is 26.3. The molecular formula is C26H42N2O4. The van der Waals surface area contributed by atoms with Crippen LogP contribution >= 0.6 is 0 Å². The first-order chi connectivity index (χ1) is 15.1. The van der Waals surface area contributed by atoms with Crippen molar-refractivity contribution in [2.75, 3.05) is 13.2 Å². The first-order valence-corrected chi connectivity index (χ1v) is 12.0. The molecule has 0 bridgehead atoms. The van der Waals surface area contributed by atoms with Gasteiger partial charge in [0.05, 0.1) is 6.04 Å². The number of esters is 1. The highest BCUT2D eigenvalue weighted by atomic mass is 16.6. The van der Waals surface area contributed by atoms with E-state index in [9.17, 15) is 14.7 Å². The maximum atomic E-state index is 14.0. The lowest BCUT2D eigenvalue weighted by Gasteiger charge is -2.47. The lowest BCUT2D eigenvalue weighted by molar-refractivity contribution is -0.175. The summed E-state index contributed by atoms with van der Waals surface area (Å²) in [6, 6.07) is 9.57. The highest BCUT2D eigenvalue weighted by Gasteiger charge is 2.60. The zero-order valence-corrected chi connectivity index (χ0v) is 20.7. The van der Waals surface area contributed by atoms with Crippen LogP contribution in [0.3, 0.4) is 0 Å². The highest BCUT2D eigenvalue weighted by molar-refractivity contribution is 5.85. The van der Waals surface area contributed by atoms with Crippen LogP contribution in [0.1, 0.15) is 72.8 Å². The standard InChI is InChI=1S/C26H42N2O4/c1-7-20(8-2)16-23(27-19(3)30)26(24(31)32-25(4,5)6)22(18-29)14-15-28(26)17-21-12-10-9-11-13-21/h9-13,20,22-23,29H,7-8,14-18H2,1-6H3,(H,27,30)/t22-,23-,26+/m0/s1. The monoisotopic (exact) mass is 446 g/mol. The highest BCUT2D eigenvalue weighted by Crippen LogP contribution is 2.43. The predicted octanol–water partition coefficient (Wildman–Crippen LogP) is 3.91. The van der Waals surface area contributed by atoms with Gasteiger partial charge in [0.1, 0.15) is 11.1 Å². The number of ether oxygens (including phenoxy) is 1. The summed E-state index contributed by atoms with van der Waals surface area (Å²) >= 11 is 0. The molecule has 1 aromatic rings. The summed E-state index contributed by atoms with van der Waals surface area (Å²) in [5.74, 6) is -0.508. The Morgan fingerprint density at radius 1 is 1.22 bits per heavy atom. The zero-order valence-electron chi connectivity index (χ0n) is 20.7. The van der Waals surface area contributed by atoms with Crippen LogP contribution in [0, 0.1) is 11.8 Å². The Labute approximate surface area is 193 Å². The quantitative estimate of drug-likeness (QED) is 0.533. The fourth-order valence-corrected chi connectivity index (χ4v) is 5.07. The SMILES string of the molecule is CCC(CC)C[C@H](NC(C)=O)[C@@]1(C(=O)OC(C)(C)C)[C@H](CO)CCN1Cc1ccccc1. The van der Waals surface area contributed by atoms with Crippen LogP contribution in [0.5, 0.6) is 0 Å². The van der Waals surface area contributed by atoms with Crippen molar-refractivity contribution in [2.24, 2.45) is 11.8 Å². The van der Waals surface area contributed by atoms with Crippen molar-refractivity contribution in [1.29, 1.82) is 0 Å². The van der Waals surface area contributed by atoms with Gasteiger partial charge in [0.2, 0.25) is 5.91 Å². The van der Waals surface area contributed by atoms with Crippen LogP contribution in [0.25, 0.3) is 0 Å². The molecule has 1 aliphatic heterocycles. The first-order valence-electron chi connectivity index (χ1n) is 12.0. The van der Waals surface area contributed by atoms with E-state index >= 15 is 0 Å². The van der Waals surface area contributed by atoms with E-state index in [-0.39, 0.29) is 24.4 Å². The normalized spacial score (nSPS) is 22.7. The van der Waals surface area contributed by atoms with Gasteiger partial charge < -0.3 is 15.2 Å². The number of aliphatic hydroxyl groups excluding tert-OH is 1. The maximum Gasteiger partial charge on any atom is 0.329 e. The average molecular weight is 447 g/mol. The third-order valence-electron chi connectivity index (χ3n) is 6.69. The number of nitrogens with zero attached hydrogens (tertiary/aromatic N) is 1. The smallest absolute Gasteiger partial charge is 0.329 e. The summed E-state index contributed by atoms with van der Waals surface area (Å²) in [5, 5.41) is 13.5. The summed E-state index contributed by atoms with van der Waals surface area (Å²) in [7, 11) is 0. The molecule has 1 amide bonds. The number of rotatable bonds is 10. The topological polar surface area (TPSA) is 78.9 Å². The lowest BCUT2D eigenvalue weighted by Crippen LogP contribution is -2.68. The third-order valence-corrected chi connectivity index (χ3v) is 6.69. The Balaban J connectivity index is 2.62. The van der Waals surface area contributed by atoms with Gasteiger partial charge in [0.25, 0.3) is 0 Å². The second kappa shape index (κ2) is 11.3. The van der Waals surface area contributed by atoms with Crippen molar-refractivity contribution >= 4 is 11.9 Å². The minimum atomic E-state index is -1.13. The number of benzene rings is 1. The molecular weight excluding hydrogens is 404 g/mol. The minimum absolute atomic E-state index is 0.135. The molecule has 3 atom stereocenters. The molecule has 6 nitrogen and oxygen atoms in total. The second-order valence-corrected chi connectivity index (χ2v) is 10.1. The van der Waals surface area contributed by atoms with Gasteiger partial charge in [-0.3, -0.25) is 9.69 Å². The molecule has 32 heavy (non-hydrogen) atoms. The number of hydrogen-bond donors (Lipinski definition) is 2. The van der Waals surface area contributed by atoms with Crippen molar-refractivity contribution in [3.63, 3.8) is 0 Å². The lowest BCUT2D eigenvalue weighted by atomic mass is 9.74. The summed E-state index contributed by atoms with van der Waals surface area (Å²) in [6.45, 7) is 12.4. The van der Waals surface area contributed by atoms with Gasteiger partial charge >= 0.3 is 5.97 Å². The minimum Gasteiger partial charge on any atom is -0.459 e. The number of likely N-dealkylation sites (tertiary alicyclic amines) is 1. The number of carbonyl (C=O) groups is 2. The van der Waals surface area contributed by atoms with E-state index in [1.807, 2.05) is 51.1 Å². The Hall–Kier alpha value is -1.92. The molecule has 1 aromatic carbocycles. The van der Waals surface area contributed by atoms with E-state index in [0.717, 1.165) is 18.4 Å².